The van der Waals surface area contributed by atoms with E-state index in [0.29, 0.717) is 0 Å². The maximum Gasteiger partial charge on any atom is 0.0192 e. The summed E-state index contributed by atoms with van der Waals surface area (Å²) in [4.78, 5) is 2.65. The van der Waals surface area contributed by atoms with Crippen molar-refractivity contribution in [2.24, 2.45) is 0 Å². The second kappa shape index (κ2) is 9.90. The highest BCUT2D eigenvalue weighted by atomic mass is 15.2. The minimum Gasteiger partial charge on any atom is -0.314 e. The van der Waals surface area contributed by atoms with Crippen LogP contribution in [-0.2, 0) is 0 Å². The van der Waals surface area contributed by atoms with Crippen molar-refractivity contribution in [2.45, 2.75) is 71.3 Å². The Morgan fingerprint density at radius 3 is 2.29 bits per heavy atom. The summed E-state index contributed by atoms with van der Waals surface area (Å²) in [5.74, 6) is 0. The number of nitrogens with zero attached hydrogens (tertiary/aromatic N) is 1. The summed E-state index contributed by atoms with van der Waals surface area (Å²) in [6.45, 7) is 9.55. The predicted molar refractivity (Wildman–Crippen MR) is 76.5 cm³/mol. The molecule has 102 valence electrons. The van der Waals surface area contributed by atoms with Crippen LogP contribution < -0.4 is 5.32 Å². The van der Waals surface area contributed by atoms with Crippen LogP contribution in [0.1, 0.15) is 65.2 Å². The minimum atomic E-state index is 0.744. The van der Waals surface area contributed by atoms with E-state index in [4.69, 9.17) is 0 Å². The Bertz CT molecular complexity index is 170. The molecule has 1 N–H and O–H groups in total. The zero-order chi connectivity index (χ0) is 12.3. The fraction of sp³-hybridized carbons (Fsp3) is 1.00. The van der Waals surface area contributed by atoms with E-state index in [2.05, 4.69) is 24.1 Å². The molecule has 0 saturated carbocycles. The first-order valence-corrected chi connectivity index (χ1v) is 7.79. The summed E-state index contributed by atoms with van der Waals surface area (Å²) in [6, 6.07) is 0.744. The van der Waals surface area contributed by atoms with E-state index in [1.807, 2.05) is 0 Å². The van der Waals surface area contributed by atoms with E-state index in [9.17, 15) is 0 Å². The maximum absolute atomic E-state index is 3.45. The van der Waals surface area contributed by atoms with Crippen LogP contribution in [0.5, 0.6) is 0 Å². The molecule has 1 rings (SSSR count). The Balaban J connectivity index is 1.86. The van der Waals surface area contributed by atoms with Crippen molar-refractivity contribution < 1.29 is 0 Å². The first kappa shape index (κ1) is 15.0. The molecule has 0 aliphatic carbocycles. The van der Waals surface area contributed by atoms with Gasteiger partial charge in [-0.15, -0.1) is 0 Å². The van der Waals surface area contributed by atoms with E-state index in [0.717, 1.165) is 6.04 Å². The molecule has 0 amide bonds. The summed E-state index contributed by atoms with van der Waals surface area (Å²) < 4.78 is 0. The number of hydrogen-bond donors (Lipinski definition) is 1. The van der Waals surface area contributed by atoms with Crippen molar-refractivity contribution in [1.29, 1.82) is 0 Å². The summed E-state index contributed by atoms with van der Waals surface area (Å²) in [5.41, 5.74) is 0. The molecule has 1 saturated heterocycles. The summed E-state index contributed by atoms with van der Waals surface area (Å²) in [6.07, 6.45) is 11.4. The smallest absolute Gasteiger partial charge is 0.0192 e. The lowest BCUT2D eigenvalue weighted by atomic mass is 10.1. The van der Waals surface area contributed by atoms with Crippen LogP contribution in [0.2, 0.25) is 0 Å². The van der Waals surface area contributed by atoms with Gasteiger partial charge in [-0.1, -0.05) is 51.9 Å². The van der Waals surface area contributed by atoms with Crippen LogP contribution in [0.15, 0.2) is 0 Å². The zero-order valence-corrected chi connectivity index (χ0v) is 12.0. The Hall–Kier alpha value is -0.0800. The summed E-state index contributed by atoms with van der Waals surface area (Å²) >= 11 is 0. The van der Waals surface area contributed by atoms with Crippen LogP contribution in [0, 0.1) is 0 Å². The average molecular weight is 240 g/mol. The zero-order valence-electron chi connectivity index (χ0n) is 12.0. The fourth-order valence-corrected chi connectivity index (χ4v) is 2.66. The molecule has 0 aromatic rings. The average Bonchev–Trinajstić information content (AvgIpc) is 2.35. The molecule has 17 heavy (non-hydrogen) atoms. The second-order valence-electron chi connectivity index (χ2n) is 5.56. The lowest BCUT2D eigenvalue weighted by Crippen LogP contribution is -2.49. The number of nitrogens with one attached hydrogen (secondary N) is 1. The van der Waals surface area contributed by atoms with E-state index < -0.39 is 0 Å². The van der Waals surface area contributed by atoms with Gasteiger partial charge in [0.2, 0.25) is 0 Å². The quantitative estimate of drug-likeness (QED) is 0.621. The van der Waals surface area contributed by atoms with Crippen LogP contribution in [-0.4, -0.2) is 37.1 Å². The molecule has 1 atom stereocenters. The molecule has 0 aromatic heterocycles. The van der Waals surface area contributed by atoms with Gasteiger partial charge in [-0.25, -0.2) is 0 Å². The third kappa shape index (κ3) is 7.05. The molecular weight excluding hydrogens is 208 g/mol. The molecule has 0 radical (unpaired) electrons. The molecule has 1 aliphatic rings. The van der Waals surface area contributed by atoms with Gasteiger partial charge in [0.25, 0.3) is 0 Å². The standard InChI is InChI=1S/C15H32N2/c1-3-4-5-6-7-8-9-10-12-17-13-11-16-14-15(17)2/h15-16H,3-14H2,1-2H3/t15-/m0/s1. The van der Waals surface area contributed by atoms with Gasteiger partial charge in [-0.3, -0.25) is 4.90 Å². The molecule has 0 bridgehead atoms. The van der Waals surface area contributed by atoms with Crippen LogP contribution in [0.3, 0.4) is 0 Å². The maximum atomic E-state index is 3.45. The molecule has 0 spiro atoms. The van der Waals surface area contributed by atoms with Crippen molar-refractivity contribution in [3.8, 4) is 0 Å². The largest absolute Gasteiger partial charge is 0.314 e. The molecular formula is C15H32N2. The molecule has 0 unspecified atom stereocenters. The summed E-state index contributed by atoms with van der Waals surface area (Å²) in [7, 11) is 0. The molecule has 1 fully saturated rings. The number of piperazine rings is 1. The molecule has 2 nitrogen and oxygen atoms in total. The second-order valence-corrected chi connectivity index (χ2v) is 5.56. The van der Waals surface area contributed by atoms with Gasteiger partial charge in [0.05, 0.1) is 0 Å². The lowest BCUT2D eigenvalue weighted by Gasteiger charge is -2.33. The third-order valence-electron chi connectivity index (χ3n) is 3.94. The number of unbranched alkanes of at least 4 members (excludes halogenated alkanes) is 7. The van der Waals surface area contributed by atoms with Gasteiger partial charge in [0.1, 0.15) is 0 Å². The van der Waals surface area contributed by atoms with E-state index in [-0.39, 0.29) is 0 Å². The van der Waals surface area contributed by atoms with Crippen LogP contribution in [0.25, 0.3) is 0 Å². The molecule has 2 heteroatoms. The van der Waals surface area contributed by atoms with Gasteiger partial charge < -0.3 is 5.32 Å². The van der Waals surface area contributed by atoms with Crippen molar-refractivity contribution in [1.82, 2.24) is 10.2 Å². The Morgan fingerprint density at radius 2 is 1.65 bits per heavy atom. The van der Waals surface area contributed by atoms with Gasteiger partial charge in [0.15, 0.2) is 0 Å². The van der Waals surface area contributed by atoms with Crippen LogP contribution >= 0.6 is 0 Å². The van der Waals surface area contributed by atoms with Gasteiger partial charge >= 0.3 is 0 Å². The van der Waals surface area contributed by atoms with Gasteiger partial charge in [0, 0.05) is 25.7 Å². The molecule has 1 aliphatic heterocycles. The van der Waals surface area contributed by atoms with E-state index in [1.165, 1.54) is 77.5 Å². The SMILES string of the molecule is CCCCCCCCCCN1CCNC[C@@H]1C. The highest BCUT2D eigenvalue weighted by Crippen LogP contribution is 2.10. The Morgan fingerprint density at radius 1 is 1.00 bits per heavy atom. The van der Waals surface area contributed by atoms with Gasteiger partial charge in [-0.2, -0.15) is 0 Å². The van der Waals surface area contributed by atoms with Gasteiger partial charge in [-0.05, 0) is 19.9 Å². The number of hydrogen-bond acceptors (Lipinski definition) is 2. The summed E-state index contributed by atoms with van der Waals surface area (Å²) in [5, 5.41) is 3.45. The first-order chi connectivity index (χ1) is 8.34. The molecule has 1 heterocycles. The minimum absolute atomic E-state index is 0.744. The highest BCUT2D eigenvalue weighted by molar-refractivity contribution is 4.75. The predicted octanol–water partition coefficient (Wildman–Crippen LogP) is 3.42. The Kier molecular flexibility index (Phi) is 8.72. The van der Waals surface area contributed by atoms with Crippen molar-refractivity contribution in [3.63, 3.8) is 0 Å². The third-order valence-corrected chi connectivity index (χ3v) is 3.94. The topological polar surface area (TPSA) is 15.3 Å². The van der Waals surface area contributed by atoms with Crippen molar-refractivity contribution >= 4 is 0 Å². The van der Waals surface area contributed by atoms with E-state index >= 15 is 0 Å². The fourth-order valence-electron chi connectivity index (χ4n) is 2.66. The van der Waals surface area contributed by atoms with Crippen molar-refractivity contribution in [2.75, 3.05) is 26.2 Å². The Labute approximate surface area is 108 Å². The van der Waals surface area contributed by atoms with Crippen LogP contribution in [0.4, 0.5) is 0 Å². The first-order valence-electron chi connectivity index (χ1n) is 7.79. The number of rotatable bonds is 9. The molecule has 0 aromatic carbocycles. The highest BCUT2D eigenvalue weighted by Gasteiger charge is 2.16. The lowest BCUT2D eigenvalue weighted by molar-refractivity contribution is 0.170. The monoisotopic (exact) mass is 240 g/mol. The van der Waals surface area contributed by atoms with Crippen molar-refractivity contribution in [3.05, 3.63) is 0 Å². The normalized spacial score (nSPS) is 21.9. The van der Waals surface area contributed by atoms with E-state index in [1.54, 1.807) is 0 Å².